The zero-order chi connectivity index (χ0) is 21.2. The minimum Gasteiger partial charge on any atom is -0.493 e. The van der Waals surface area contributed by atoms with Crippen molar-refractivity contribution in [1.29, 1.82) is 5.26 Å². The number of amides is 1. The molecule has 2 aliphatic heterocycles. The van der Waals surface area contributed by atoms with E-state index in [1.165, 1.54) is 10.8 Å². The van der Waals surface area contributed by atoms with Crippen LogP contribution in [0.4, 0.5) is 4.79 Å². The summed E-state index contributed by atoms with van der Waals surface area (Å²) in [4.78, 5) is 31.5. The Labute approximate surface area is 171 Å². The van der Waals surface area contributed by atoms with E-state index in [1.54, 1.807) is 47.6 Å². The molecule has 1 aromatic carbocycles. The molecule has 0 radical (unpaired) electrons. The molecule has 3 aromatic rings. The molecule has 1 fully saturated rings. The second kappa shape index (κ2) is 6.35. The number of nitriles is 1. The lowest BCUT2D eigenvalue weighted by Crippen LogP contribution is -2.38. The van der Waals surface area contributed by atoms with Crippen LogP contribution in [0.25, 0.3) is 16.5 Å². The summed E-state index contributed by atoms with van der Waals surface area (Å²) in [5.74, 6) is -0.216. The molecule has 152 valence electrons. The third kappa shape index (κ3) is 2.37. The van der Waals surface area contributed by atoms with Gasteiger partial charge in [-0.25, -0.2) is 19.1 Å². The Balaban J connectivity index is 1.66. The number of benzene rings is 1. The van der Waals surface area contributed by atoms with Gasteiger partial charge in [-0.1, -0.05) is 24.3 Å². The van der Waals surface area contributed by atoms with Gasteiger partial charge in [0.05, 0.1) is 30.1 Å². The van der Waals surface area contributed by atoms with Gasteiger partial charge in [-0.3, -0.25) is 9.47 Å². The molecule has 1 N–H and O–H groups in total. The number of imidazole rings is 1. The Kier molecular flexibility index (Phi) is 3.86. The first-order chi connectivity index (χ1) is 14.4. The minimum atomic E-state index is -0.450. The topological polar surface area (TPSA) is 113 Å². The van der Waals surface area contributed by atoms with Crippen LogP contribution in [0.3, 0.4) is 0 Å². The Bertz CT molecular complexity index is 1300. The van der Waals surface area contributed by atoms with Crippen LogP contribution < -0.4 is 5.69 Å². The summed E-state index contributed by atoms with van der Waals surface area (Å²) in [7, 11) is 0. The molecule has 1 amide bonds. The zero-order valence-corrected chi connectivity index (χ0v) is 16.4. The normalized spacial score (nSPS) is 19.3. The molecular weight excluding hydrogens is 386 g/mol. The summed E-state index contributed by atoms with van der Waals surface area (Å²) < 4.78 is 8.09. The van der Waals surface area contributed by atoms with E-state index in [4.69, 9.17) is 4.74 Å². The number of rotatable bonds is 2. The van der Waals surface area contributed by atoms with Crippen molar-refractivity contribution in [1.82, 2.24) is 19.0 Å². The summed E-state index contributed by atoms with van der Waals surface area (Å²) in [6, 6.07) is 8.53. The maximum Gasteiger partial charge on any atom is 0.410 e. The number of hydrogen-bond acceptors (Lipinski definition) is 6. The van der Waals surface area contributed by atoms with Gasteiger partial charge in [0.2, 0.25) is 5.88 Å². The minimum absolute atomic E-state index is 0.216. The van der Waals surface area contributed by atoms with E-state index in [0.717, 1.165) is 0 Å². The van der Waals surface area contributed by atoms with Crippen LogP contribution in [0, 0.1) is 11.3 Å². The van der Waals surface area contributed by atoms with Gasteiger partial charge in [0.15, 0.2) is 0 Å². The monoisotopic (exact) mass is 405 g/mol. The maximum absolute atomic E-state index is 13.3. The molecule has 4 heterocycles. The first kappa shape index (κ1) is 18.2. The summed E-state index contributed by atoms with van der Waals surface area (Å²) in [6.45, 7) is 3.91. The smallest absolute Gasteiger partial charge is 0.410 e. The number of ether oxygens (including phenoxy) is 1. The van der Waals surface area contributed by atoms with Crippen molar-refractivity contribution < 1.29 is 14.6 Å². The van der Waals surface area contributed by atoms with E-state index in [1.807, 2.05) is 0 Å². The van der Waals surface area contributed by atoms with Crippen molar-refractivity contribution in [2.24, 2.45) is 0 Å². The molecule has 1 saturated heterocycles. The van der Waals surface area contributed by atoms with Crippen LogP contribution in [0.1, 0.15) is 43.7 Å². The van der Waals surface area contributed by atoms with E-state index >= 15 is 0 Å². The summed E-state index contributed by atoms with van der Waals surface area (Å²) in [5.41, 5.74) is 0.662. The van der Waals surface area contributed by atoms with Crippen molar-refractivity contribution in [3.63, 3.8) is 0 Å². The van der Waals surface area contributed by atoms with Crippen molar-refractivity contribution >= 4 is 16.9 Å². The van der Waals surface area contributed by atoms with Gasteiger partial charge in [-0.2, -0.15) is 5.26 Å². The molecule has 5 rings (SSSR count). The largest absolute Gasteiger partial charge is 0.493 e. The standard InChI is InChI=1S/C21H19N5O4/c1-11(2)30-21(29)24-10-12-7-16(24)18-19(27)26(20(28)25(12)18)17-9-23-15(8-22)13-5-3-4-6-14(13)17/h3-6,9,11-12,16,27H,7,10H2,1-2H3/t12-,16-/m0/s1. The molecule has 2 aliphatic rings. The number of aromatic nitrogens is 3. The summed E-state index contributed by atoms with van der Waals surface area (Å²) >= 11 is 0. The van der Waals surface area contributed by atoms with Gasteiger partial charge in [-0.05, 0) is 20.3 Å². The first-order valence-corrected chi connectivity index (χ1v) is 9.74. The highest BCUT2D eigenvalue weighted by Gasteiger charge is 2.50. The third-order valence-corrected chi connectivity index (χ3v) is 5.75. The highest BCUT2D eigenvalue weighted by atomic mass is 16.6. The quantitative estimate of drug-likeness (QED) is 0.701. The number of hydrogen-bond donors (Lipinski definition) is 1. The molecule has 0 aliphatic carbocycles. The number of carbonyl (C=O) groups excluding carboxylic acids is 1. The Morgan fingerprint density at radius 1 is 1.33 bits per heavy atom. The molecule has 2 aromatic heterocycles. The lowest BCUT2D eigenvalue weighted by Gasteiger charge is -2.27. The molecule has 0 saturated carbocycles. The number of likely N-dealkylation sites (tertiary alicyclic amines) is 1. The molecule has 0 spiro atoms. The molecule has 2 atom stereocenters. The van der Waals surface area contributed by atoms with Gasteiger partial charge in [0.1, 0.15) is 17.5 Å². The van der Waals surface area contributed by atoms with Crippen LogP contribution in [0.5, 0.6) is 5.88 Å². The third-order valence-electron chi connectivity index (χ3n) is 5.75. The van der Waals surface area contributed by atoms with Crippen molar-refractivity contribution in [2.75, 3.05) is 6.54 Å². The fourth-order valence-corrected chi connectivity index (χ4v) is 4.58. The van der Waals surface area contributed by atoms with E-state index in [9.17, 15) is 20.0 Å². The lowest BCUT2D eigenvalue weighted by molar-refractivity contribution is 0.0688. The van der Waals surface area contributed by atoms with Crippen LogP contribution in [0.15, 0.2) is 35.3 Å². The fraction of sp³-hybridized carbons (Fsp3) is 0.333. The van der Waals surface area contributed by atoms with Crippen LogP contribution >= 0.6 is 0 Å². The molecule has 0 unspecified atom stereocenters. The van der Waals surface area contributed by atoms with E-state index < -0.39 is 12.1 Å². The molecular formula is C21H19N5O4. The molecule has 9 nitrogen and oxygen atoms in total. The van der Waals surface area contributed by atoms with Gasteiger partial charge in [0, 0.05) is 17.3 Å². The van der Waals surface area contributed by atoms with E-state index in [0.29, 0.717) is 35.1 Å². The molecule has 9 heteroatoms. The Morgan fingerprint density at radius 3 is 2.77 bits per heavy atom. The van der Waals surface area contributed by atoms with Crippen LogP contribution in [-0.4, -0.2) is 42.9 Å². The predicted octanol–water partition coefficient (Wildman–Crippen LogP) is 2.61. The zero-order valence-electron chi connectivity index (χ0n) is 16.4. The maximum atomic E-state index is 13.3. The van der Waals surface area contributed by atoms with Crippen molar-refractivity contribution in [3.8, 4) is 17.6 Å². The number of aromatic hydroxyl groups is 1. The summed E-state index contributed by atoms with van der Waals surface area (Å²) in [5, 5.41) is 21.6. The van der Waals surface area contributed by atoms with E-state index in [2.05, 4.69) is 11.1 Å². The average Bonchev–Trinajstić information content (AvgIpc) is 3.38. The molecule has 30 heavy (non-hydrogen) atoms. The SMILES string of the molecule is CC(C)OC(=O)N1C[C@@H]2C[C@H]1c1c(O)n(-c3cnc(C#N)c4ccccc34)c(=O)n12. The Morgan fingerprint density at radius 2 is 2.07 bits per heavy atom. The first-order valence-electron chi connectivity index (χ1n) is 9.74. The van der Waals surface area contributed by atoms with Crippen LogP contribution in [-0.2, 0) is 4.74 Å². The number of nitrogens with zero attached hydrogens (tertiary/aromatic N) is 5. The second-order valence-electron chi connectivity index (χ2n) is 7.84. The average molecular weight is 405 g/mol. The predicted molar refractivity (Wildman–Crippen MR) is 106 cm³/mol. The summed E-state index contributed by atoms with van der Waals surface area (Å²) in [6.07, 6.45) is 1.28. The number of carbonyl (C=O) groups is 1. The highest BCUT2D eigenvalue weighted by molar-refractivity contribution is 5.93. The van der Waals surface area contributed by atoms with Gasteiger partial charge in [-0.15, -0.1) is 0 Å². The van der Waals surface area contributed by atoms with Crippen LogP contribution in [0.2, 0.25) is 0 Å². The highest BCUT2D eigenvalue weighted by Crippen LogP contribution is 2.49. The van der Waals surface area contributed by atoms with Gasteiger partial charge in [0.25, 0.3) is 0 Å². The van der Waals surface area contributed by atoms with Gasteiger partial charge >= 0.3 is 11.8 Å². The second-order valence-corrected chi connectivity index (χ2v) is 7.84. The Hall–Kier alpha value is -3.80. The van der Waals surface area contributed by atoms with Crippen molar-refractivity contribution in [2.45, 2.75) is 38.5 Å². The number of fused-ring (bicyclic) bond motifs is 6. The number of pyridine rings is 1. The van der Waals surface area contributed by atoms with E-state index in [-0.39, 0.29) is 29.4 Å². The van der Waals surface area contributed by atoms with Gasteiger partial charge < -0.3 is 9.84 Å². The lowest BCUT2D eigenvalue weighted by atomic mass is 10.1. The van der Waals surface area contributed by atoms with Crippen molar-refractivity contribution in [3.05, 3.63) is 52.3 Å². The fourth-order valence-electron chi connectivity index (χ4n) is 4.58. The molecule has 2 bridgehead atoms.